The first kappa shape index (κ1) is 27.0. The van der Waals surface area contributed by atoms with Gasteiger partial charge in [-0.2, -0.15) is 5.01 Å². The average Bonchev–Trinajstić information content (AvgIpc) is 3.35. The number of rotatable bonds is 7. The number of hydrazone groups is 1. The molecule has 3 aliphatic rings. The van der Waals surface area contributed by atoms with E-state index in [0.717, 1.165) is 30.9 Å². The van der Waals surface area contributed by atoms with Crippen molar-refractivity contribution in [2.45, 2.75) is 50.9 Å². The van der Waals surface area contributed by atoms with Crippen LogP contribution in [0.4, 0.5) is 17.1 Å². The standard InChI is InChI=1S/C34H36N4O3/c1-40-41-36-33-31(34(39)38(35-33)30-14-6-3-7-15-30)16-8-10-25-17-22-32-28(24-25)13-9-23-37(32)29-20-18-27(19-21-29)26-11-4-2-5-12-26/h3,6-8,10,14-22,24,26H,2,4-5,9,11-13,23H2,1H3,(H,35,36)/b10-8+,31-16-. The Morgan fingerprint density at radius 2 is 1.73 bits per heavy atom. The number of allylic oxidation sites excluding steroid dienone is 2. The number of amides is 1. The van der Waals surface area contributed by atoms with Crippen molar-refractivity contribution in [1.29, 1.82) is 0 Å². The molecule has 2 heterocycles. The largest absolute Gasteiger partial charge is 0.341 e. The molecule has 0 saturated heterocycles. The van der Waals surface area contributed by atoms with Crippen LogP contribution in [0.2, 0.25) is 0 Å². The number of aryl methyl sites for hydroxylation is 1. The molecule has 6 rings (SSSR count). The summed E-state index contributed by atoms with van der Waals surface area (Å²) in [6.45, 7) is 1.02. The molecule has 41 heavy (non-hydrogen) atoms. The number of fused-ring (bicyclic) bond motifs is 1. The van der Waals surface area contributed by atoms with Crippen LogP contribution in [0.5, 0.6) is 0 Å². The molecule has 0 unspecified atom stereocenters. The third kappa shape index (κ3) is 5.97. The number of hydrogen-bond acceptors (Lipinski definition) is 6. The first-order chi connectivity index (χ1) is 20.2. The van der Waals surface area contributed by atoms with E-state index in [-0.39, 0.29) is 11.7 Å². The molecule has 210 valence electrons. The van der Waals surface area contributed by atoms with E-state index in [1.54, 1.807) is 6.08 Å². The Labute approximate surface area is 241 Å². The van der Waals surface area contributed by atoms with Crippen LogP contribution in [0, 0.1) is 0 Å². The summed E-state index contributed by atoms with van der Waals surface area (Å²) in [7, 11) is 1.38. The summed E-state index contributed by atoms with van der Waals surface area (Å²) in [5, 5.41) is 5.73. The fourth-order valence-electron chi connectivity index (χ4n) is 6.07. The molecule has 7 nitrogen and oxygen atoms in total. The molecule has 1 N–H and O–H groups in total. The molecule has 1 aliphatic carbocycles. The highest BCUT2D eigenvalue weighted by Gasteiger charge is 2.31. The van der Waals surface area contributed by atoms with Crippen molar-refractivity contribution in [3.05, 3.63) is 107 Å². The molecule has 0 spiro atoms. The second-order valence-corrected chi connectivity index (χ2v) is 10.8. The average molecular weight is 549 g/mol. The number of hydroxylamine groups is 1. The molecular weight excluding hydrogens is 512 g/mol. The Hall–Kier alpha value is -4.20. The van der Waals surface area contributed by atoms with Crippen molar-refractivity contribution in [1.82, 2.24) is 5.48 Å². The van der Waals surface area contributed by atoms with Crippen LogP contribution in [0.1, 0.15) is 61.1 Å². The van der Waals surface area contributed by atoms with Crippen LogP contribution in [-0.2, 0) is 21.1 Å². The molecule has 3 aromatic carbocycles. The molecule has 1 saturated carbocycles. The van der Waals surface area contributed by atoms with Gasteiger partial charge in [0, 0.05) is 17.9 Å². The second-order valence-electron chi connectivity index (χ2n) is 10.8. The van der Waals surface area contributed by atoms with Gasteiger partial charge in [-0.1, -0.05) is 67.8 Å². The van der Waals surface area contributed by atoms with Crippen molar-refractivity contribution in [2.24, 2.45) is 5.10 Å². The lowest BCUT2D eigenvalue weighted by molar-refractivity contribution is -0.300. The van der Waals surface area contributed by atoms with Gasteiger partial charge in [0.2, 0.25) is 0 Å². The van der Waals surface area contributed by atoms with Gasteiger partial charge in [0.25, 0.3) is 5.91 Å². The highest BCUT2D eigenvalue weighted by Crippen LogP contribution is 2.37. The molecule has 0 bridgehead atoms. The number of carbonyl (C=O) groups is 1. The van der Waals surface area contributed by atoms with Crippen molar-refractivity contribution < 1.29 is 14.7 Å². The third-order valence-electron chi connectivity index (χ3n) is 8.16. The van der Waals surface area contributed by atoms with E-state index in [2.05, 4.69) is 62.8 Å². The summed E-state index contributed by atoms with van der Waals surface area (Å²) >= 11 is 0. The van der Waals surface area contributed by atoms with E-state index in [0.29, 0.717) is 11.3 Å². The van der Waals surface area contributed by atoms with Gasteiger partial charge in [-0.15, -0.1) is 10.1 Å². The minimum atomic E-state index is -0.251. The molecule has 0 aromatic heterocycles. The zero-order chi connectivity index (χ0) is 28.0. The first-order valence-electron chi connectivity index (χ1n) is 14.5. The van der Waals surface area contributed by atoms with Crippen LogP contribution in [0.3, 0.4) is 0 Å². The van der Waals surface area contributed by atoms with Gasteiger partial charge in [0.1, 0.15) is 0 Å². The quantitative estimate of drug-likeness (QED) is 0.192. The predicted molar refractivity (Wildman–Crippen MR) is 164 cm³/mol. The van der Waals surface area contributed by atoms with Gasteiger partial charge in [-0.05, 0) is 90.8 Å². The highest BCUT2D eigenvalue weighted by molar-refractivity contribution is 6.29. The summed E-state index contributed by atoms with van der Waals surface area (Å²) in [4.78, 5) is 25.1. The SMILES string of the molecule is COONC1=NN(c2ccccc2)C(=O)/C1=C\C=C\c1ccc2c(c1)CCCN2c1ccc(C2CCCCC2)cc1. The molecule has 0 radical (unpaired) electrons. The van der Waals surface area contributed by atoms with Crippen LogP contribution in [0.15, 0.2) is 95.6 Å². The molecule has 1 amide bonds. The lowest BCUT2D eigenvalue weighted by Gasteiger charge is -2.32. The van der Waals surface area contributed by atoms with E-state index in [4.69, 9.17) is 4.99 Å². The zero-order valence-corrected chi connectivity index (χ0v) is 23.5. The number of carbonyl (C=O) groups excluding carboxylic acids is 1. The summed E-state index contributed by atoms with van der Waals surface area (Å²) in [6, 6.07) is 25.2. The monoisotopic (exact) mass is 548 g/mol. The Morgan fingerprint density at radius 1 is 0.927 bits per heavy atom. The Morgan fingerprint density at radius 3 is 2.51 bits per heavy atom. The lowest BCUT2D eigenvalue weighted by Crippen LogP contribution is -2.25. The minimum absolute atomic E-state index is 0.251. The van der Waals surface area contributed by atoms with Crippen LogP contribution in [0.25, 0.3) is 6.08 Å². The number of nitrogens with one attached hydrogen (secondary N) is 1. The molecular formula is C34H36N4O3. The van der Waals surface area contributed by atoms with E-state index in [1.807, 2.05) is 42.5 Å². The van der Waals surface area contributed by atoms with Crippen molar-refractivity contribution in [3.8, 4) is 0 Å². The predicted octanol–water partition coefficient (Wildman–Crippen LogP) is 7.20. The van der Waals surface area contributed by atoms with Gasteiger partial charge in [0.15, 0.2) is 5.84 Å². The van der Waals surface area contributed by atoms with E-state index >= 15 is 0 Å². The number of para-hydroxylation sites is 1. The van der Waals surface area contributed by atoms with Gasteiger partial charge in [-0.25, -0.2) is 10.4 Å². The van der Waals surface area contributed by atoms with Gasteiger partial charge in [0.05, 0.1) is 18.4 Å². The number of hydrogen-bond donors (Lipinski definition) is 1. The lowest BCUT2D eigenvalue weighted by atomic mass is 9.84. The van der Waals surface area contributed by atoms with Gasteiger partial charge in [-0.3, -0.25) is 4.79 Å². The number of benzene rings is 3. The summed E-state index contributed by atoms with van der Waals surface area (Å²) < 4.78 is 0. The fraction of sp³-hybridized carbons (Fsp3) is 0.294. The number of nitrogens with zero attached hydrogens (tertiary/aromatic N) is 3. The maximum absolute atomic E-state index is 13.2. The smallest absolute Gasteiger partial charge is 0.282 e. The summed E-state index contributed by atoms with van der Waals surface area (Å²) in [5.41, 5.74) is 10.1. The van der Waals surface area contributed by atoms with E-state index in [9.17, 15) is 4.79 Å². The van der Waals surface area contributed by atoms with Crippen molar-refractivity contribution in [2.75, 3.05) is 23.6 Å². The van der Waals surface area contributed by atoms with Gasteiger partial charge < -0.3 is 4.90 Å². The normalized spacial score (nSPS) is 18.7. The highest BCUT2D eigenvalue weighted by atomic mass is 17.3. The van der Waals surface area contributed by atoms with Crippen molar-refractivity contribution >= 4 is 34.9 Å². The maximum atomic E-state index is 13.2. The van der Waals surface area contributed by atoms with E-state index in [1.165, 1.54) is 66.7 Å². The second kappa shape index (κ2) is 12.5. The van der Waals surface area contributed by atoms with Crippen LogP contribution in [-0.4, -0.2) is 25.4 Å². The molecule has 1 fully saturated rings. The number of amidine groups is 1. The third-order valence-corrected chi connectivity index (χ3v) is 8.16. The van der Waals surface area contributed by atoms with Crippen LogP contribution >= 0.6 is 0 Å². The molecule has 3 aromatic rings. The minimum Gasteiger partial charge on any atom is -0.341 e. The summed E-state index contributed by atoms with van der Waals surface area (Å²) in [5.74, 6) is 0.752. The Bertz CT molecular complexity index is 1460. The first-order valence-corrected chi connectivity index (χ1v) is 14.5. The number of anilines is 3. The zero-order valence-electron chi connectivity index (χ0n) is 23.5. The Balaban J connectivity index is 1.18. The molecule has 7 heteroatoms. The van der Waals surface area contributed by atoms with Crippen molar-refractivity contribution in [3.63, 3.8) is 0 Å². The van der Waals surface area contributed by atoms with E-state index < -0.39 is 0 Å². The topological polar surface area (TPSA) is 66.4 Å². The molecule has 2 aliphatic heterocycles. The molecule has 0 atom stereocenters. The van der Waals surface area contributed by atoms with Gasteiger partial charge >= 0.3 is 0 Å². The fourth-order valence-corrected chi connectivity index (χ4v) is 6.07. The summed E-state index contributed by atoms with van der Waals surface area (Å²) in [6.07, 6.45) is 14.5. The van der Waals surface area contributed by atoms with Crippen LogP contribution < -0.4 is 15.4 Å². The Kier molecular flexibility index (Phi) is 8.26. The maximum Gasteiger partial charge on any atom is 0.282 e.